The molecular formula is C20H21F2N3O2. The lowest BCUT2D eigenvalue weighted by molar-refractivity contribution is -0.121. The maximum atomic E-state index is 13.7. The van der Waals surface area contributed by atoms with Gasteiger partial charge in [0.05, 0.1) is 11.7 Å². The third-order valence-corrected chi connectivity index (χ3v) is 4.74. The van der Waals surface area contributed by atoms with Gasteiger partial charge in [0.25, 0.3) is 5.91 Å². The van der Waals surface area contributed by atoms with Crippen LogP contribution in [0.2, 0.25) is 0 Å². The van der Waals surface area contributed by atoms with Crippen LogP contribution >= 0.6 is 0 Å². The lowest BCUT2D eigenvalue weighted by Crippen LogP contribution is -2.54. The summed E-state index contributed by atoms with van der Waals surface area (Å²) in [5, 5.41) is 2.43. The molecular weight excluding hydrogens is 352 g/mol. The second-order valence-electron chi connectivity index (χ2n) is 6.48. The fourth-order valence-electron chi connectivity index (χ4n) is 3.07. The minimum atomic E-state index is -0.685. The fraction of sp³-hybridized carbons (Fsp3) is 0.300. The zero-order valence-electron chi connectivity index (χ0n) is 15.0. The predicted molar refractivity (Wildman–Crippen MR) is 98.4 cm³/mol. The number of amides is 2. The summed E-state index contributed by atoms with van der Waals surface area (Å²) in [6.45, 7) is 3.76. The van der Waals surface area contributed by atoms with Gasteiger partial charge in [-0.2, -0.15) is 0 Å². The Morgan fingerprint density at radius 1 is 1.00 bits per heavy atom. The van der Waals surface area contributed by atoms with Crippen molar-refractivity contribution >= 4 is 17.5 Å². The van der Waals surface area contributed by atoms with Gasteiger partial charge in [-0.3, -0.25) is 14.5 Å². The van der Waals surface area contributed by atoms with Crippen molar-refractivity contribution in [3.8, 4) is 0 Å². The Bertz CT molecular complexity index is 821. The molecule has 0 spiro atoms. The van der Waals surface area contributed by atoms with Crippen molar-refractivity contribution in [2.45, 2.75) is 13.0 Å². The average molecular weight is 373 g/mol. The molecule has 0 saturated carbocycles. The number of anilines is 1. The van der Waals surface area contributed by atoms with Gasteiger partial charge in [-0.15, -0.1) is 0 Å². The van der Waals surface area contributed by atoms with Crippen molar-refractivity contribution < 1.29 is 18.4 Å². The molecule has 1 aliphatic rings. The van der Waals surface area contributed by atoms with E-state index in [1.165, 1.54) is 0 Å². The number of rotatable bonds is 4. The van der Waals surface area contributed by atoms with Crippen LogP contribution in [-0.2, 0) is 4.79 Å². The molecule has 1 N–H and O–H groups in total. The fourth-order valence-corrected chi connectivity index (χ4v) is 3.07. The first-order valence-electron chi connectivity index (χ1n) is 8.80. The molecule has 1 atom stereocenters. The zero-order chi connectivity index (χ0) is 19.4. The number of nitrogens with one attached hydrogen (secondary N) is 1. The highest BCUT2D eigenvalue weighted by Gasteiger charge is 2.28. The molecule has 142 valence electrons. The van der Waals surface area contributed by atoms with Gasteiger partial charge in [0.15, 0.2) is 0 Å². The number of nitrogens with zero attached hydrogens (tertiary/aromatic N) is 2. The van der Waals surface area contributed by atoms with Gasteiger partial charge in [-0.1, -0.05) is 18.2 Å². The molecule has 1 heterocycles. The van der Waals surface area contributed by atoms with Crippen LogP contribution in [0.4, 0.5) is 14.5 Å². The number of carbonyl (C=O) groups is 2. The molecule has 5 nitrogen and oxygen atoms in total. The van der Waals surface area contributed by atoms with Crippen LogP contribution in [0.5, 0.6) is 0 Å². The highest BCUT2D eigenvalue weighted by atomic mass is 19.1. The van der Waals surface area contributed by atoms with E-state index in [-0.39, 0.29) is 11.6 Å². The second kappa shape index (κ2) is 8.26. The topological polar surface area (TPSA) is 52.7 Å². The van der Waals surface area contributed by atoms with Crippen LogP contribution in [0.1, 0.15) is 17.3 Å². The van der Waals surface area contributed by atoms with Gasteiger partial charge in [0.2, 0.25) is 5.91 Å². The molecule has 2 aromatic rings. The minimum Gasteiger partial charge on any atom is -0.336 e. The minimum absolute atomic E-state index is 0.0332. The smallest absolute Gasteiger partial charge is 0.253 e. The van der Waals surface area contributed by atoms with Gasteiger partial charge in [0.1, 0.15) is 11.6 Å². The molecule has 3 rings (SSSR count). The van der Waals surface area contributed by atoms with Crippen molar-refractivity contribution in [1.82, 2.24) is 9.80 Å². The first-order chi connectivity index (χ1) is 13.0. The van der Waals surface area contributed by atoms with E-state index in [0.29, 0.717) is 31.7 Å². The van der Waals surface area contributed by atoms with E-state index >= 15 is 0 Å². The SMILES string of the molecule is C[C@H](C(=O)Nc1cc(F)ccc1F)N1CCN(C(=O)c2ccccc2)CC1. The molecule has 0 unspecified atom stereocenters. The van der Waals surface area contributed by atoms with E-state index in [0.717, 1.165) is 18.2 Å². The molecule has 1 fully saturated rings. The molecule has 0 radical (unpaired) electrons. The van der Waals surface area contributed by atoms with E-state index < -0.39 is 23.6 Å². The Balaban J connectivity index is 1.56. The van der Waals surface area contributed by atoms with Crippen LogP contribution in [0.25, 0.3) is 0 Å². The predicted octanol–water partition coefficient (Wildman–Crippen LogP) is 2.75. The summed E-state index contributed by atoms with van der Waals surface area (Å²) in [7, 11) is 0. The van der Waals surface area contributed by atoms with Crippen LogP contribution < -0.4 is 5.32 Å². The van der Waals surface area contributed by atoms with E-state index in [4.69, 9.17) is 0 Å². The third-order valence-electron chi connectivity index (χ3n) is 4.74. The maximum absolute atomic E-state index is 13.7. The largest absolute Gasteiger partial charge is 0.336 e. The number of hydrogen-bond acceptors (Lipinski definition) is 3. The summed E-state index contributed by atoms with van der Waals surface area (Å²) in [6.07, 6.45) is 0. The standard InChI is InChI=1S/C20H21F2N3O2/c1-14(19(26)23-18-13-16(21)7-8-17(18)22)24-9-11-25(12-10-24)20(27)15-5-3-2-4-6-15/h2-8,13-14H,9-12H2,1H3,(H,23,26)/t14-/m1/s1. The first kappa shape index (κ1) is 19.0. The van der Waals surface area contributed by atoms with Gasteiger partial charge in [-0.05, 0) is 31.2 Å². The van der Waals surface area contributed by atoms with Gasteiger partial charge in [-0.25, -0.2) is 8.78 Å². The number of benzene rings is 2. The van der Waals surface area contributed by atoms with Crippen LogP contribution in [0.15, 0.2) is 48.5 Å². The van der Waals surface area contributed by atoms with E-state index in [2.05, 4.69) is 5.32 Å². The molecule has 1 aliphatic heterocycles. The molecule has 0 bridgehead atoms. The second-order valence-corrected chi connectivity index (χ2v) is 6.48. The summed E-state index contributed by atoms with van der Waals surface area (Å²) in [5.74, 6) is -1.75. The Labute approximate surface area is 156 Å². The summed E-state index contributed by atoms with van der Waals surface area (Å²) < 4.78 is 26.9. The maximum Gasteiger partial charge on any atom is 0.253 e. The van der Waals surface area contributed by atoms with Gasteiger partial charge in [0, 0.05) is 37.8 Å². The highest BCUT2D eigenvalue weighted by Crippen LogP contribution is 2.17. The summed E-state index contributed by atoms with van der Waals surface area (Å²) >= 11 is 0. The van der Waals surface area contributed by atoms with Crippen molar-refractivity contribution in [1.29, 1.82) is 0 Å². The summed E-state index contributed by atoms with van der Waals surface area (Å²) in [5.41, 5.74) is 0.461. The number of carbonyl (C=O) groups excluding carboxylic acids is 2. The molecule has 7 heteroatoms. The van der Waals surface area contributed by atoms with Crippen LogP contribution in [0, 0.1) is 11.6 Å². The lowest BCUT2D eigenvalue weighted by Gasteiger charge is -2.37. The van der Waals surface area contributed by atoms with E-state index in [1.54, 1.807) is 24.0 Å². The molecule has 27 heavy (non-hydrogen) atoms. The van der Waals surface area contributed by atoms with Crippen LogP contribution in [0.3, 0.4) is 0 Å². The Hall–Kier alpha value is -2.80. The highest BCUT2D eigenvalue weighted by molar-refractivity contribution is 5.95. The lowest BCUT2D eigenvalue weighted by atomic mass is 10.1. The first-order valence-corrected chi connectivity index (χ1v) is 8.80. The summed E-state index contributed by atoms with van der Waals surface area (Å²) in [6, 6.07) is 11.5. The van der Waals surface area contributed by atoms with Gasteiger partial charge < -0.3 is 10.2 Å². The number of hydrogen-bond donors (Lipinski definition) is 1. The molecule has 1 saturated heterocycles. The number of piperazine rings is 1. The molecule has 2 aromatic carbocycles. The third kappa shape index (κ3) is 4.49. The summed E-state index contributed by atoms with van der Waals surface area (Å²) in [4.78, 5) is 28.5. The van der Waals surface area contributed by atoms with Gasteiger partial charge >= 0.3 is 0 Å². The Morgan fingerprint density at radius 3 is 2.33 bits per heavy atom. The molecule has 0 aliphatic carbocycles. The Morgan fingerprint density at radius 2 is 1.67 bits per heavy atom. The van der Waals surface area contributed by atoms with Crippen molar-refractivity contribution in [3.05, 3.63) is 65.7 Å². The number of halogens is 2. The normalized spacial score (nSPS) is 16.0. The molecule has 0 aromatic heterocycles. The van der Waals surface area contributed by atoms with Crippen LogP contribution in [-0.4, -0.2) is 53.8 Å². The zero-order valence-corrected chi connectivity index (χ0v) is 15.0. The van der Waals surface area contributed by atoms with E-state index in [9.17, 15) is 18.4 Å². The quantitative estimate of drug-likeness (QED) is 0.897. The average Bonchev–Trinajstić information content (AvgIpc) is 2.70. The monoisotopic (exact) mass is 373 g/mol. The van der Waals surface area contributed by atoms with E-state index in [1.807, 2.05) is 23.1 Å². The van der Waals surface area contributed by atoms with Crippen molar-refractivity contribution in [2.24, 2.45) is 0 Å². The van der Waals surface area contributed by atoms with Crippen molar-refractivity contribution in [2.75, 3.05) is 31.5 Å². The Kier molecular flexibility index (Phi) is 5.81. The molecule has 2 amide bonds. The van der Waals surface area contributed by atoms with Crippen molar-refractivity contribution in [3.63, 3.8) is 0 Å².